The van der Waals surface area contributed by atoms with E-state index < -0.39 is 0 Å². The highest BCUT2D eigenvalue weighted by molar-refractivity contribution is 6.31. The number of benzene rings is 2. The summed E-state index contributed by atoms with van der Waals surface area (Å²) in [7, 11) is 0. The van der Waals surface area contributed by atoms with Crippen LogP contribution in [0.4, 0.5) is 5.69 Å². The second-order valence-electron chi connectivity index (χ2n) is 7.63. The van der Waals surface area contributed by atoms with E-state index >= 15 is 0 Å². The molecule has 1 fully saturated rings. The summed E-state index contributed by atoms with van der Waals surface area (Å²) in [5.41, 5.74) is 5.43. The summed E-state index contributed by atoms with van der Waals surface area (Å²) >= 11 is 6.22. The van der Waals surface area contributed by atoms with Crippen LogP contribution in [0.3, 0.4) is 0 Å². The lowest BCUT2D eigenvalue weighted by molar-refractivity contribution is 0.102. The van der Waals surface area contributed by atoms with Gasteiger partial charge in [0.2, 0.25) is 0 Å². The molecule has 2 N–H and O–H groups in total. The lowest BCUT2D eigenvalue weighted by Crippen LogP contribution is -2.29. The molecule has 1 aromatic heterocycles. The third-order valence-electron chi connectivity index (χ3n) is 5.49. The molecule has 1 saturated heterocycles. The van der Waals surface area contributed by atoms with Crippen molar-refractivity contribution in [2.75, 3.05) is 18.4 Å². The molecule has 2 heterocycles. The summed E-state index contributed by atoms with van der Waals surface area (Å²) in [5, 5.41) is 11.6. The van der Waals surface area contributed by atoms with Gasteiger partial charge in [-0.1, -0.05) is 35.4 Å². The molecule has 2 aromatic carbocycles. The maximum absolute atomic E-state index is 13.1. The molecule has 7 heteroatoms. The number of hydrogen-bond acceptors (Lipinski definition) is 3. The molecule has 30 heavy (non-hydrogen) atoms. The van der Waals surface area contributed by atoms with Crippen LogP contribution in [0.15, 0.2) is 48.7 Å². The Morgan fingerprint density at radius 1 is 1.13 bits per heavy atom. The number of hydrogen-bond donors (Lipinski definition) is 2. The third-order valence-corrected chi connectivity index (χ3v) is 5.89. The Hall–Kier alpha value is -2.34. The maximum Gasteiger partial charge on any atom is 0.259 e. The molecule has 1 aliphatic rings. The number of amides is 1. The van der Waals surface area contributed by atoms with E-state index in [9.17, 15) is 4.79 Å². The van der Waals surface area contributed by atoms with Crippen LogP contribution in [0.1, 0.15) is 45.9 Å². The molecule has 4 rings (SSSR count). The number of rotatable bonds is 4. The normalized spacial score (nSPS) is 14.2. The highest BCUT2D eigenvalue weighted by Gasteiger charge is 2.27. The SMILES string of the molecule is Cc1ccc(-n2ncc(C(=O)Nc3ccc(C)c(Cl)c3)c2C2CCNCC2)cc1.Cl. The number of carbonyl (C=O) groups is 1. The summed E-state index contributed by atoms with van der Waals surface area (Å²) in [4.78, 5) is 13.1. The fraction of sp³-hybridized carbons (Fsp3) is 0.304. The van der Waals surface area contributed by atoms with Crippen molar-refractivity contribution >= 4 is 35.6 Å². The zero-order chi connectivity index (χ0) is 20.4. The lowest BCUT2D eigenvalue weighted by Gasteiger charge is -2.24. The van der Waals surface area contributed by atoms with E-state index in [1.165, 1.54) is 5.56 Å². The molecule has 0 aliphatic carbocycles. The number of piperidine rings is 1. The maximum atomic E-state index is 13.1. The first-order chi connectivity index (χ1) is 14.0. The Balaban J connectivity index is 0.00000256. The second kappa shape index (κ2) is 9.65. The summed E-state index contributed by atoms with van der Waals surface area (Å²) in [6.07, 6.45) is 3.64. The van der Waals surface area contributed by atoms with Gasteiger partial charge in [0, 0.05) is 16.6 Å². The van der Waals surface area contributed by atoms with Gasteiger partial charge in [0.15, 0.2) is 0 Å². The number of anilines is 1. The predicted molar refractivity (Wildman–Crippen MR) is 125 cm³/mol. The molecule has 3 aromatic rings. The van der Waals surface area contributed by atoms with E-state index in [1.807, 2.05) is 35.9 Å². The third kappa shape index (κ3) is 4.69. The summed E-state index contributed by atoms with van der Waals surface area (Å²) in [6, 6.07) is 13.8. The molecule has 0 radical (unpaired) electrons. The fourth-order valence-electron chi connectivity index (χ4n) is 3.78. The van der Waals surface area contributed by atoms with Crippen LogP contribution >= 0.6 is 24.0 Å². The van der Waals surface area contributed by atoms with Crippen molar-refractivity contribution in [1.29, 1.82) is 0 Å². The molecule has 1 amide bonds. The van der Waals surface area contributed by atoms with Gasteiger partial charge in [-0.3, -0.25) is 4.79 Å². The molecule has 0 saturated carbocycles. The van der Waals surface area contributed by atoms with Gasteiger partial charge >= 0.3 is 0 Å². The zero-order valence-corrected chi connectivity index (χ0v) is 18.7. The van der Waals surface area contributed by atoms with Gasteiger partial charge in [-0.2, -0.15) is 5.10 Å². The van der Waals surface area contributed by atoms with E-state index in [-0.39, 0.29) is 24.2 Å². The molecular formula is C23H26Cl2N4O. The van der Waals surface area contributed by atoms with Crippen LogP contribution in [0.2, 0.25) is 5.02 Å². The number of nitrogens with one attached hydrogen (secondary N) is 2. The van der Waals surface area contributed by atoms with Gasteiger partial charge in [0.25, 0.3) is 5.91 Å². The van der Waals surface area contributed by atoms with Crippen molar-refractivity contribution in [3.05, 3.63) is 76.1 Å². The van der Waals surface area contributed by atoms with E-state index in [0.717, 1.165) is 42.9 Å². The molecule has 0 spiro atoms. The first-order valence-electron chi connectivity index (χ1n) is 9.96. The van der Waals surface area contributed by atoms with Gasteiger partial charge in [0.1, 0.15) is 0 Å². The molecule has 158 valence electrons. The average Bonchev–Trinajstić information content (AvgIpc) is 3.17. The van der Waals surface area contributed by atoms with Crippen LogP contribution in [-0.2, 0) is 0 Å². The van der Waals surface area contributed by atoms with Gasteiger partial charge in [-0.15, -0.1) is 12.4 Å². The first-order valence-corrected chi connectivity index (χ1v) is 10.3. The van der Waals surface area contributed by atoms with Gasteiger partial charge in [0.05, 0.1) is 23.1 Å². The molecule has 0 atom stereocenters. The minimum absolute atomic E-state index is 0. The zero-order valence-electron chi connectivity index (χ0n) is 17.1. The van der Waals surface area contributed by atoms with Crippen LogP contribution in [0.25, 0.3) is 5.69 Å². The van der Waals surface area contributed by atoms with E-state index in [2.05, 4.69) is 34.8 Å². The smallest absolute Gasteiger partial charge is 0.259 e. The van der Waals surface area contributed by atoms with Crippen molar-refractivity contribution in [1.82, 2.24) is 15.1 Å². The van der Waals surface area contributed by atoms with E-state index in [0.29, 0.717) is 16.3 Å². The Bertz CT molecular complexity index is 1020. The minimum atomic E-state index is -0.156. The van der Waals surface area contributed by atoms with Crippen LogP contribution in [-0.4, -0.2) is 28.8 Å². The van der Waals surface area contributed by atoms with Crippen LogP contribution < -0.4 is 10.6 Å². The Kier molecular flexibility index (Phi) is 7.19. The predicted octanol–water partition coefficient (Wildman–Crippen LogP) is 5.28. The largest absolute Gasteiger partial charge is 0.322 e. The number of carbonyl (C=O) groups excluding carboxylic acids is 1. The summed E-state index contributed by atoms with van der Waals surface area (Å²) in [5.74, 6) is 0.124. The van der Waals surface area contributed by atoms with Crippen molar-refractivity contribution < 1.29 is 4.79 Å². The van der Waals surface area contributed by atoms with Crippen molar-refractivity contribution in [2.24, 2.45) is 0 Å². The second-order valence-corrected chi connectivity index (χ2v) is 8.04. The van der Waals surface area contributed by atoms with Gasteiger partial charge < -0.3 is 10.6 Å². The standard InChI is InChI=1S/C23H25ClN4O.ClH/c1-15-3-7-19(8-4-15)28-22(17-9-11-25-12-10-17)20(14-26-28)23(29)27-18-6-5-16(2)21(24)13-18;/h3-8,13-14,17,25H,9-12H2,1-2H3,(H,27,29);1H. The number of aryl methyl sites for hydroxylation is 2. The van der Waals surface area contributed by atoms with Gasteiger partial charge in [-0.25, -0.2) is 4.68 Å². The molecule has 5 nitrogen and oxygen atoms in total. The monoisotopic (exact) mass is 444 g/mol. The Morgan fingerprint density at radius 3 is 2.50 bits per heavy atom. The van der Waals surface area contributed by atoms with E-state index in [1.54, 1.807) is 12.3 Å². The summed E-state index contributed by atoms with van der Waals surface area (Å²) in [6.45, 7) is 5.89. The Morgan fingerprint density at radius 2 is 1.83 bits per heavy atom. The molecular weight excluding hydrogens is 419 g/mol. The highest BCUT2D eigenvalue weighted by atomic mass is 35.5. The molecule has 0 bridgehead atoms. The van der Waals surface area contributed by atoms with Crippen LogP contribution in [0.5, 0.6) is 0 Å². The highest BCUT2D eigenvalue weighted by Crippen LogP contribution is 2.31. The number of nitrogens with zero attached hydrogens (tertiary/aromatic N) is 2. The fourth-order valence-corrected chi connectivity index (χ4v) is 3.96. The van der Waals surface area contributed by atoms with Crippen molar-refractivity contribution in [3.8, 4) is 5.69 Å². The Labute approximate surface area is 188 Å². The lowest BCUT2D eigenvalue weighted by atomic mass is 9.91. The van der Waals surface area contributed by atoms with Crippen LogP contribution in [0, 0.1) is 13.8 Å². The van der Waals surface area contributed by atoms with E-state index in [4.69, 9.17) is 11.6 Å². The topological polar surface area (TPSA) is 59.0 Å². The first kappa shape index (κ1) is 22.3. The quantitative estimate of drug-likeness (QED) is 0.574. The average molecular weight is 445 g/mol. The molecule has 0 unspecified atom stereocenters. The number of halogens is 2. The summed E-state index contributed by atoms with van der Waals surface area (Å²) < 4.78 is 1.92. The molecule has 1 aliphatic heterocycles. The van der Waals surface area contributed by atoms with Crippen molar-refractivity contribution in [2.45, 2.75) is 32.6 Å². The number of aromatic nitrogens is 2. The minimum Gasteiger partial charge on any atom is -0.322 e. The van der Waals surface area contributed by atoms with Crippen molar-refractivity contribution in [3.63, 3.8) is 0 Å². The van der Waals surface area contributed by atoms with Gasteiger partial charge in [-0.05, 0) is 69.6 Å².